The molecule has 2 aromatic rings. The van der Waals surface area contributed by atoms with Crippen LogP contribution < -0.4 is 9.62 Å². The highest BCUT2D eigenvalue weighted by Gasteiger charge is 2.31. The standard InChI is InChI=1S/C25H34FN3O4S/c1-7-18(3)27-25(31)20(5)28(15-21-11-13-22(26)14-12-21)24(30)16-29(34(6,32)33)23-10-8-9-17(2)19(23)4/h8-14,18,20H,7,15-16H2,1-6H3,(H,27,31)/t18-,20+/m0/s1. The van der Waals surface area contributed by atoms with Crippen LogP contribution in [0.1, 0.15) is 43.9 Å². The van der Waals surface area contributed by atoms with Gasteiger partial charge in [-0.05, 0) is 69.0 Å². The van der Waals surface area contributed by atoms with Crippen molar-refractivity contribution in [2.75, 3.05) is 17.1 Å². The Morgan fingerprint density at radius 2 is 1.68 bits per heavy atom. The third kappa shape index (κ3) is 7.03. The van der Waals surface area contributed by atoms with Crippen molar-refractivity contribution in [2.45, 2.75) is 59.7 Å². The lowest BCUT2D eigenvalue weighted by atomic mass is 10.1. The first-order valence-corrected chi connectivity index (χ1v) is 13.1. The first kappa shape index (κ1) is 27.3. The van der Waals surface area contributed by atoms with Gasteiger partial charge in [-0.15, -0.1) is 0 Å². The van der Waals surface area contributed by atoms with Crippen LogP contribution in [0.2, 0.25) is 0 Å². The van der Waals surface area contributed by atoms with E-state index >= 15 is 0 Å². The van der Waals surface area contributed by atoms with Crippen molar-refractivity contribution in [2.24, 2.45) is 0 Å². The van der Waals surface area contributed by atoms with E-state index in [0.29, 0.717) is 11.3 Å². The van der Waals surface area contributed by atoms with Crippen molar-refractivity contribution in [1.82, 2.24) is 10.2 Å². The summed E-state index contributed by atoms with van der Waals surface area (Å²) < 4.78 is 39.8. The molecule has 0 aliphatic carbocycles. The number of aryl methyl sites for hydroxylation is 1. The fourth-order valence-electron chi connectivity index (χ4n) is 3.44. The maximum Gasteiger partial charge on any atom is 0.244 e. The fourth-order valence-corrected chi connectivity index (χ4v) is 4.34. The molecule has 2 atom stereocenters. The molecule has 9 heteroatoms. The molecule has 0 radical (unpaired) electrons. The number of hydrogen-bond donors (Lipinski definition) is 1. The summed E-state index contributed by atoms with van der Waals surface area (Å²) in [6.07, 6.45) is 1.77. The Balaban J connectivity index is 2.42. The number of carbonyl (C=O) groups is 2. The van der Waals surface area contributed by atoms with E-state index in [2.05, 4.69) is 5.32 Å². The highest BCUT2D eigenvalue weighted by Crippen LogP contribution is 2.25. The van der Waals surface area contributed by atoms with Crippen LogP contribution in [-0.2, 0) is 26.2 Å². The van der Waals surface area contributed by atoms with E-state index in [0.717, 1.165) is 28.1 Å². The molecule has 0 aliphatic rings. The van der Waals surface area contributed by atoms with Gasteiger partial charge in [0.05, 0.1) is 11.9 Å². The SMILES string of the molecule is CC[C@H](C)NC(=O)[C@@H](C)N(Cc1ccc(F)cc1)C(=O)CN(c1cccc(C)c1C)S(C)(=O)=O. The van der Waals surface area contributed by atoms with Gasteiger partial charge in [-0.1, -0.05) is 31.2 Å². The lowest BCUT2D eigenvalue weighted by Gasteiger charge is -2.32. The summed E-state index contributed by atoms with van der Waals surface area (Å²) >= 11 is 0. The number of nitrogens with one attached hydrogen (secondary N) is 1. The summed E-state index contributed by atoms with van der Waals surface area (Å²) in [6, 6.07) is 9.93. The van der Waals surface area contributed by atoms with Crippen molar-refractivity contribution < 1.29 is 22.4 Å². The quantitative estimate of drug-likeness (QED) is 0.551. The Bertz CT molecular complexity index is 1120. The lowest BCUT2D eigenvalue weighted by molar-refractivity contribution is -0.139. The van der Waals surface area contributed by atoms with Crippen LogP contribution in [0.25, 0.3) is 0 Å². The Labute approximate surface area is 202 Å². The van der Waals surface area contributed by atoms with Gasteiger partial charge in [0.15, 0.2) is 0 Å². The molecular formula is C25H34FN3O4S. The molecule has 186 valence electrons. The Morgan fingerprint density at radius 3 is 2.24 bits per heavy atom. The Kier molecular flexibility index (Phi) is 9.21. The number of hydrogen-bond acceptors (Lipinski definition) is 4. The van der Waals surface area contributed by atoms with E-state index in [-0.39, 0.29) is 18.5 Å². The van der Waals surface area contributed by atoms with Crippen molar-refractivity contribution >= 4 is 27.5 Å². The van der Waals surface area contributed by atoms with Crippen LogP contribution >= 0.6 is 0 Å². The second-order valence-electron chi connectivity index (χ2n) is 8.63. The zero-order valence-corrected chi connectivity index (χ0v) is 21.4. The Morgan fingerprint density at radius 1 is 1.06 bits per heavy atom. The average molecular weight is 492 g/mol. The number of anilines is 1. The molecule has 0 fully saturated rings. The number of carbonyl (C=O) groups excluding carboxylic acids is 2. The predicted octanol–water partition coefficient (Wildman–Crippen LogP) is 3.54. The second kappa shape index (κ2) is 11.5. The van der Waals surface area contributed by atoms with Crippen molar-refractivity contribution in [1.29, 1.82) is 0 Å². The molecule has 0 saturated carbocycles. The molecule has 7 nitrogen and oxygen atoms in total. The molecule has 0 spiro atoms. The summed E-state index contributed by atoms with van der Waals surface area (Å²) in [5.74, 6) is -1.30. The van der Waals surface area contributed by atoms with Gasteiger partial charge in [0, 0.05) is 12.6 Å². The second-order valence-corrected chi connectivity index (χ2v) is 10.5. The third-order valence-electron chi connectivity index (χ3n) is 5.96. The molecule has 2 rings (SSSR count). The molecule has 34 heavy (non-hydrogen) atoms. The molecule has 1 N–H and O–H groups in total. The summed E-state index contributed by atoms with van der Waals surface area (Å²) in [4.78, 5) is 27.7. The third-order valence-corrected chi connectivity index (χ3v) is 7.08. The molecule has 0 heterocycles. The topological polar surface area (TPSA) is 86.8 Å². The lowest BCUT2D eigenvalue weighted by Crippen LogP contribution is -2.52. The van der Waals surface area contributed by atoms with Crippen LogP contribution in [0.5, 0.6) is 0 Å². The number of halogens is 1. The molecule has 2 aromatic carbocycles. The minimum atomic E-state index is -3.80. The molecule has 2 amide bonds. The molecule has 0 aromatic heterocycles. The normalized spacial score (nSPS) is 13.1. The van der Waals surface area contributed by atoms with Crippen LogP contribution in [0.3, 0.4) is 0 Å². The van der Waals surface area contributed by atoms with Gasteiger partial charge in [-0.3, -0.25) is 13.9 Å². The van der Waals surface area contributed by atoms with Gasteiger partial charge in [0.1, 0.15) is 18.4 Å². The molecule has 0 aliphatic heterocycles. The van der Waals surface area contributed by atoms with Crippen LogP contribution in [-0.4, -0.2) is 50.0 Å². The van der Waals surface area contributed by atoms with Crippen molar-refractivity contribution in [3.63, 3.8) is 0 Å². The predicted molar refractivity (Wildman–Crippen MR) is 132 cm³/mol. The zero-order chi connectivity index (χ0) is 25.6. The van der Waals surface area contributed by atoms with Crippen LogP contribution in [0.15, 0.2) is 42.5 Å². The average Bonchev–Trinajstić information content (AvgIpc) is 2.77. The monoisotopic (exact) mass is 491 g/mol. The maximum atomic E-state index is 13.5. The van der Waals surface area contributed by atoms with Crippen molar-refractivity contribution in [3.05, 3.63) is 65.0 Å². The van der Waals surface area contributed by atoms with Crippen molar-refractivity contribution in [3.8, 4) is 0 Å². The minimum absolute atomic E-state index is 0.0264. The first-order valence-electron chi connectivity index (χ1n) is 11.2. The smallest absolute Gasteiger partial charge is 0.244 e. The zero-order valence-electron chi connectivity index (χ0n) is 20.6. The highest BCUT2D eigenvalue weighted by molar-refractivity contribution is 7.92. The van der Waals surface area contributed by atoms with Gasteiger partial charge in [-0.2, -0.15) is 0 Å². The summed E-state index contributed by atoms with van der Waals surface area (Å²) in [7, 11) is -3.80. The highest BCUT2D eigenvalue weighted by atomic mass is 32.2. The van der Waals surface area contributed by atoms with E-state index in [1.165, 1.54) is 29.2 Å². The largest absolute Gasteiger partial charge is 0.352 e. The van der Waals surface area contributed by atoms with Crippen LogP contribution in [0.4, 0.5) is 10.1 Å². The van der Waals surface area contributed by atoms with E-state index in [1.807, 2.05) is 26.8 Å². The molecule has 0 saturated heterocycles. The summed E-state index contributed by atoms with van der Waals surface area (Å²) in [6.45, 7) is 8.62. The minimum Gasteiger partial charge on any atom is -0.352 e. The van der Waals surface area contributed by atoms with Gasteiger partial charge in [0.2, 0.25) is 21.8 Å². The summed E-state index contributed by atoms with van der Waals surface area (Å²) in [5, 5.41) is 2.87. The number of nitrogens with zero attached hydrogens (tertiary/aromatic N) is 2. The van der Waals surface area contributed by atoms with Gasteiger partial charge in [-0.25, -0.2) is 12.8 Å². The maximum absolute atomic E-state index is 13.5. The number of sulfonamides is 1. The molecular weight excluding hydrogens is 457 g/mol. The summed E-state index contributed by atoms with van der Waals surface area (Å²) in [5.41, 5.74) is 2.67. The van der Waals surface area contributed by atoms with Gasteiger partial charge < -0.3 is 10.2 Å². The molecule has 0 unspecified atom stereocenters. The van der Waals surface area contributed by atoms with Gasteiger partial charge in [0.25, 0.3) is 0 Å². The number of benzene rings is 2. The van der Waals surface area contributed by atoms with E-state index < -0.39 is 34.3 Å². The fraction of sp³-hybridized carbons (Fsp3) is 0.440. The van der Waals surface area contributed by atoms with Crippen LogP contribution in [0, 0.1) is 19.7 Å². The van der Waals surface area contributed by atoms with E-state index in [4.69, 9.17) is 0 Å². The number of rotatable bonds is 10. The van der Waals surface area contributed by atoms with E-state index in [1.54, 1.807) is 26.0 Å². The molecule has 0 bridgehead atoms. The number of amides is 2. The van der Waals surface area contributed by atoms with Gasteiger partial charge >= 0.3 is 0 Å². The Hall–Kier alpha value is -2.94. The van der Waals surface area contributed by atoms with E-state index in [9.17, 15) is 22.4 Å². The first-order chi connectivity index (χ1) is 15.8.